The third-order valence-electron chi connectivity index (χ3n) is 4.61. The van der Waals surface area contributed by atoms with Gasteiger partial charge in [-0.25, -0.2) is 27.7 Å². The second-order valence-corrected chi connectivity index (χ2v) is 8.52. The van der Waals surface area contributed by atoms with Crippen molar-refractivity contribution in [2.75, 3.05) is 4.72 Å². The Bertz CT molecular complexity index is 1450. The molecule has 0 unspecified atom stereocenters. The fourth-order valence-corrected chi connectivity index (χ4v) is 4.10. The highest BCUT2D eigenvalue weighted by atomic mass is 32.2. The molecule has 0 radical (unpaired) electrons. The first-order valence-electron chi connectivity index (χ1n) is 9.80. The topological polar surface area (TPSA) is 117 Å². The van der Waals surface area contributed by atoms with Crippen LogP contribution in [0.2, 0.25) is 0 Å². The van der Waals surface area contributed by atoms with E-state index in [9.17, 15) is 8.42 Å². The van der Waals surface area contributed by atoms with E-state index in [0.717, 1.165) is 5.69 Å². The maximum absolute atomic E-state index is 12.7. The number of nitrogens with one attached hydrogen (secondary N) is 1. The van der Waals surface area contributed by atoms with E-state index >= 15 is 0 Å². The number of benzene rings is 2. The molecule has 3 aromatic heterocycles. The number of ether oxygens (including phenoxy) is 1. The van der Waals surface area contributed by atoms with Crippen LogP contribution in [0, 0.1) is 0 Å². The molecule has 0 aliphatic carbocycles. The fraction of sp³-hybridized carbons (Fsp3) is 0. The van der Waals surface area contributed by atoms with E-state index in [1.54, 1.807) is 88.7 Å². The minimum atomic E-state index is -3.75. The summed E-state index contributed by atoms with van der Waals surface area (Å²) in [5.41, 5.74) is 1.17. The van der Waals surface area contributed by atoms with E-state index < -0.39 is 10.0 Å². The zero-order valence-corrected chi connectivity index (χ0v) is 17.9. The molecule has 0 saturated carbocycles. The minimum absolute atomic E-state index is 0.144. The summed E-state index contributed by atoms with van der Waals surface area (Å²) in [5.74, 6) is 1.39. The molecule has 0 spiro atoms. The first-order valence-corrected chi connectivity index (χ1v) is 11.3. The van der Waals surface area contributed by atoms with Crippen LogP contribution >= 0.6 is 0 Å². The molecular weight excluding hydrogens is 442 g/mol. The molecule has 0 fully saturated rings. The number of anilines is 1. The van der Waals surface area contributed by atoms with E-state index in [1.165, 1.54) is 18.5 Å². The summed E-state index contributed by atoms with van der Waals surface area (Å²) in [6.07, 6.45) is 8.23. The number of sulfonamides is 1. The lowest BCUT2D eigenvalue weighted by Gasteiger charge is -2.10. The first kappa shape index (κ1) is 20.4. The maximum Gasteiger partial charge on any atom is 0.261 e. The molecule has 11 heteroatoms. The van der Waals surface area contributed by atoms with Gasteiger partial charge in [0.25, 0.3) is 10.0 Å². The summed E-state index contributed by atoms with van der Waals surface area (Å²) >= 11 is 0. The van der Waals surface area contributed by atoms with Crippen molar-refractivity contribution in [1.29, 1.82) is 0 Å². The van der Waals surface area contributed by atoms with Gasteiger partial charge in [0.05, 0.1) is 10.6 Å². The van der Waals surface area contributed by atoms with Gasteiger partial charge in [0, 0.05) is 36.5 Å². The zero-order chi connectivity index (χ0) is 22.7. The van der Waals surface area contributed by atoms with Gasteiger partial charge in [-0.05, 0) is 60.7 Å². The zero-order valence-electron chi connectivity index (χ0n) is 17.1. The summed E-state index contributed by atoms with van der Waals surface area (Å²) in [7, 11) is -3.75. The Morgan fingerprint density at radius 1 is 0.818 bits per heavy atom. The van der Waals surface area contributed by atoms with Crippen molar-refractivity contribution in [2.45, 2.75) is 4.90 Å². The van der Waals surface area contributed by atoms with Crippen LogP contribution in [-0.2, 0) is 10.0 Å². The quantitative estimate of drug-likeness (QED) is 0.396. The lowest BCUT2D eigenvalue weighted by molar-refractivity contribution is 0.460. The average Bonchev–Trinajstić information content (AvgIpc) is 3.55. The Hall–Kier alpha value is -4.51. The summed E-state index contributed by atoms with van der Waals surface area (Å²) in [4.78, 5) is 8.40. The number of rotatable bonds is 7. The highest BCUT2D eigenvalue weighted by Gasteiger charge is 2.14. The van der Waals surface area contributed by atoms with Crippen molar-refractivity contribution in [3.05, 3.63) is 97.8 Å². The molecule has 0 bridgehead atoms. The Morgan fingerprint density at radius 2 is 1.52 bits per heavy atom. The van der Waals surface area contributed by atoms with Crippen molar-refractivity contribution in [3.8, 4) is 23.1 Å². The summed E-state index contributed by atoms with van der Waals surface area (Å²) < 4.78 is 37.0. The Kier molecular flexibility index (Phi) is 5.29. The predicted molar refractivity (Wildman–Crippen MR) is 120 cm³/mol. The largest absolute Gasteiger partial charge is 0.439 e. The van der Waals surface area contributed by atoms with Crippen molar-refractivity contribution in [3.63, 3.8) is 0 Å². The number of hydrogen-bond donors (Lipinski definition) is 1. The van der Waals surface area contributed by atoms with Crippen LogP contribution in [0.15, 0.2) is 103 Å². The minimum Gasteiger partial charge on any atom is -0.439 e. The van der Waals surface area contributed by atoms with Gasteiger partial charge in [0.2, 0.25) is 5.88 Å². The van der Waals surface area contributed by atoms with E-state index in [4.69, 9.17) is 4.74 Å². The van der Waals surface area contributed by atoms with Crippen LogP contribution in [0.4, 0.5) is 5.69 Å². The molecule has 164 valence electrons. The normalized spacial score (nSPS) is 11.3. The molecule has 5 rings (SSSR count). The maximum atomic E-state index is 12.7. The summed E-state index contributed by atoms with van der Waals surface area (Å²) in [6, 6.07) is 18.2. The lowest BCUT2D eigenvalue weighted by Crippen LogP contribution is -2.13. The van der Waals surface area contributed by atoms with Crippen LogP contribution in [0.25, 0.3) is 11.5 Å². The number of hydrogen-bond acceptors (Lipinski definition) is 7. The second-order valence-electron chi connectivity index (χ2n) is 6.84. The third kappa shape index (κ3) is 4.57. The Balaban J connectivity index is 1.27. The third-order valence-corrected chi connectivity index (χ3v) is 6.01. The van der Waals surface area contributed by atoms with E-state index in [0.29, 0.717) is 23.1 Å². The van der Waals surface area contributed by atoms with Crippen LogP contribution in [0.5, 0.6) is 11.6 Å². The average molecular weight is 459 g/mol. The molecule has 5 aromatic rings. The molecule has 2 aromatic carbocycles. The summed E-state index contributed by atoms with van der Waals surface area (Å²) in [5, 5.41) is 8.25. The Labute approximate surface area is 189 Å². The molecule has 0 aliphatic heterocycles. The monoisotopic (exact) mass is 459 g/mol. The Morgan fingerprint density at radius 3 is 2.18 bits per heavy atom. The van der Waals surface area contributed by atoms with Gasteiger partial charge in [0.15, 0.2) is 5.82 Å². The van der Waals surface area contributed by atoms with Gasteiger partial charge in [0.1, 0.15) is 12.1 Å². The number of aromatic nitrogens is 6. The standard InChI is InChI=1S/C22H17N7O3S/c30-33(31,20-9-5-18(6-10-20)28-13-1-11-25-28)27-17-3-7-19(8-4-17)32-22-15-21(23-16-24-22)29-14-2-12-26-29/h1-16,27H. The van der Waals surface area contributed by atoms with Crippen LogP contribution in [-0.4, -0.2) is 37.9 Å². The highest BCUT2D eigenvalue weighted by Crippen LogP contribution is 2.24. The highest BCUT2D eigenvalue weighted by molar-refractivity contribution is 7.92. The molecule has 0 atom stereocenters. The lowest BCUT2D eigenvalue weighted by atomic mass is 10.3. The summed E-state index contributed by atoms with van der Waals surface area (Å²) in [6.45, 7) is 0. The smallest absolute Gasteiger partial charge is 0.261 e. The van der Waals surface area contributed by atoms with Gasteiger partial charge < -0.3 is 4.74 Å². The first-order chi connectivity index (χ1) is 16.1. The molecule has 33 heavy (non-hydrogen) atoms. The van der Waals surface area contributed by atoms with Gasteiger partial charge in [-0.3, -0.25) is 4.72 Å². The van der Waals surface area contributed by atoms with Crippen molar-refractivity contribution in [2.24, 2.45) is 0 Å². The van der Waals surface area contributed by atoms with Crippen molar-refractivity contribution < 1.29 is 13.2 Å². The van der Waals surface area contributed by atoms with Gasteiger partial charge in [-0.1, -0.05) is 0 Å². The van der Waals surface area contributed by atoms with E-state index in [1.807, 2.05) is 0 Å². The van der Waals surface area contributed by atoms with Crippen molar-refractivity contribution >= 4 is 15.7 Å². The molecule has 0 amide bonds. The number of nitrogens with zero attached hydrogens (tertiary/aromatic N) is 6. The van der Waals surface area contributed by atoms with Gasteiger partial charge in [-0.2, -0.15) is 10.2 Å². The van der Waals surface area contributed by atoms with Gasteiger partial charge in [-0.15, -0.1) is 0 Å². The molecule has 0 aliphatic rings. The SMILES string of the molecule is O=S(=O)(Nc1ccc(Oc2cc(-n3cccn3)ncn2)cc1)c1ccc(-n2cccn2)cc1. The molecule has 1 N–H and O–H groups in total. The fourth-order valence-electron chi connectivity index (χ4n) is 3.04. The van der Waals surface area contributed by atoms with E-state index in [2.05, 4.69) is 24.9 Å². The second kappa shape index (κ2) is 8.55. The van der Waals surface area contributed by atoms with Crippen LogP contribution in [0.3, 0.4) is 0 Å². The van der Waals surface area contributed by atoms with Crippen LogP contribution in [0.1, 0.15) is 0 Å². The molecule has 10 nitrogen and oxygen atoms in total. The predicted octanol–water partition coefficient (Wildman–Crippen LogP) is 3.44. The van der Waals surface area contributed by atoms with E-state index in [-0.39, 0.29) is 4.90 Å². The molecule has 3 heterocycles. The van der Waals surface area contributed by atoms with Gasteiger partial charge >= 0.3 is 0 Å². The molecular formula is C22H17N7O3S. The van der Waals surface area contributed by atoms with Crippen molar-refractivity contribution in [1.82, 2.24) is 29.5 Å². The van der Waals surface area contributed by atoms with Crippen LogP contribution < -0.4 is 9.46 Å². The molecule has 0 saturated heterocycles.